The zero-order valence-corrected chi connectivity index (χ0v) is 17.2. The maximum absolute atomic E-state index is 13.8. The molecule has 0 saturated carbocycles. The van der Waals surface area contributed by atoms with E-state index in [9.17, 15) is 23.5 Å². The maximum atomic E-state index is 13.8. The molecule has 0 amide bonds. The minimum absolute atomic E-state index is 0.0609. The first-order valence-electron chi connectivity index (χ1n) is 9.29. The number of halogens is 2. The van der Waals surface area contributed by atoms with Gasteiger partial charge in [0.15, 0.2) is 16.9 Å². The van der Waals surface area contributed by atoms with Gasteiger partial charge in [-0.25, -0.2) is 4.79 Å². The van der Waals surface area contributed by atoms with E-state index < -0.39 is 17.5 Å². The summed E-state index contributed by atoms with van der Waals surface area (Å²) in [6, 6.07) is 4.04. The molecule has 0 spiro atoms. The number of aromatic nitrogens is 1. The number of ether oxygens (including phenoxy) is 2. The summed E-state index contributed by atoms with van der Waals surface area (Å²) in [5, 5.41) is 9.37. The van der Waals surface area contributed by atoms with Crippen LogP contribution in [0.5, 0.6) is 11.5 Å². The van der Waals surface area contributed by atoms with Gasteiger partial charge in [0.05, 0.1) is 12.8 Å². The first kappa shape index (κ1) is 21.5. The summed E-state index contributed by atoms with van der Waals surface area (Å²) in [5.74, 6) is -1.39. The fraction of sp³-hybridized carbons (Fsp3) is 0.364. The number of benzene rings is 1. The molecule has 1 aliphatic heterocycles. The normalized spacial score (nSPS) is 15.7. The molecule has 1 unspecified atom stereocenters. The average molecular weight is 419 g/mol. The van der Waals surface area contributed by atoms with Crippen molar-refractivity contribution in [1.82, 2.24) is 4.57 Å². The summed E-state index contributed by atoms with van der Waals surface area (Å²) in [4.78, 5) is 23.9. The van der Waals surface area contributed by atoms with E-state index in [1.54, 1.807) is 4.57 Å². The molecule has 1 N–H and O–H groups in total. The summed E-state index contributed by atoms with van der Waals surface area (Å²) in [6.45, 7) is 9.03. The predicted molar refractivity (Wildman–Crippen MR) is 108 cm³/mol. The highest BCUT2D eigenvalue weighted by Crippen LogP contribution is 2.46. The molecule has 30 heavy (non-hydrogen) atoms. The molecular weight excluding hydrogens is 396 g/mol. The van der Waals surface area contributed by atoms with Gasteiger partial charge in [-0.3, -0.25) is 4.79 Å². The second kappa shape index (κ2) is 7.27. The molecule has 1 aromatic carbocycles. The van der Waals surface area contributed by atoms with Gasteiger partial charge in [0.1, 0.15) is 5.56 Å². The van der Waals surface area contributed by atoms with Crippen LogP contribution < -0.4 is 14.9 Å². The van der Waals surface area contributed by atoms with E-state index in [1.165, 1.54) is 31.5 Å². The molecule has 2 heterocycles. The molecule has 0 fully saturated rings. The van der Waals surface area contributed by atoms with Crippen LogP contribution in [0.4, 0.5) is 8.78 Å². The lowest BCUT2D eigenvalue weighted by Gasteiger charge is -2.39. The van der Waals surface area contributed by atoms with E-state index in [2.05, 4.69) is 6.58 Å². The van der Waals surface area contributed by atoms with E-state index in [-0.39, 0.29) is 28.5 Å². The zero-order valence-electron chi connectivity index (χ0n) is 17.2. The number of carbonyl (C=O) groups is 1. The highest BCUT2D eigenvalue weighted by molar-refractivity contribution is 5.88. The van der Waals surface area contributed by atoms with Crippen LogP contribution in [0, 0.1) is 5.41 Å². The van der Waals surface area contributed by atoms with Gasteiger partial charge in [-0.15, -0.1) is 0 Å². The van der Waals surface area contributed by atoms with Crippen molar-refractivity contribution < 1.29 is 28.2 Å². The van der Waals surface area contributed by atoms with E-state index in [0.29, 0.717) is 29.3 Å². The quantitative estimate of drug-likeness (QED) is 0.721. The van der Waals surface area contributed by atoms with E-state index >= 15 is 0 Å². The fourth-order valence-corrected chi connectivity index (χ4v) is 3.65. The van der Waals surface area contributed by atoms with Crippen LogP contribution in [0.15, 0.2) is 41.8 Å². The van der Waals surface area contributed by atoms with Gasteiger partial charge in [0.25, 0.3) is 0 Å². The number of hydrogen-bond donors (Lipinski definition) is 1. The Balaban J connectivity index is 2.28. The second-order valence-electron chi connectivity index (χ2n) is 8.26. The van der Waals surface area contributed by atoms with Crippen LogP contribution in [-0.4, -0.2) is 28.9 Å². The zero-order chi connectivity index (χ0) is 22.4. The van der Waals surface area contributed by atoms with Gasteiger partial charge in [0.2, 0.25) is 0 Å². The van der Waals surface area contributed by atoms with Crippen molar-refractivity contribution in [3.8, 4) is 22.8 Å². The molecule has 1 aromatic heterocycles. The lowest BCUT2D eigenvalue weighted by molar-refractivity contribution is -0.132. The Morgan fingerprint density at radius 2 is 1.93 bits per heavy atom. The minimum Gasteiger partial charge on any atom is -0.493 e. The summed E-state index contributed by atoms with van der Waals surface area (Å²) in [6.07, 6.45) is -1.41. The molecular formula is C22H23F2NO5. The van der Waals surface area contributed by atoms with Gasteiger partial charge in [-0.05, 0) is 29.5 Å². The summed E-state index contributed by atoms with van der Waals surface area (Å²) >= 11 is 0. The predicted octanol–water partition coefficient (Wildman–Crippen LogP) is 4.52. The molecule has 0 saturated heterocycles. The Morgan fingerprint density at radius 3 is 2.47 bits per heavy atom. The first-order valence-corrected chi connectivity index (χ1v) is 9.29. The third-order valence-electron chi connectivity index (χ3n) is 5.21. The fourth-order valence-electron chi connectivity index (χ4n) is 3.65. The van der Waals surface area contributed by atoms with Gasteiger partial charge in [0, 0.05) is 29.9 Å². The number of pyridine rings is 1. The monoisotopic (exact) mass is 419 g/mol. The number of carboxylic acid groups (broad SMARTS) is 1. The Kier molecular flexibility index (Phi) is 5.22. The van der Waals surface area contributed by atoms with Crippen molar-refractivity contribution in [3.63, 3.8) is 0 Å². The van der Waals surface area contributed by atoms with Crippen LogP contribution in [0.2, 0.25) is 0 Å². The van der Waals surface area contributed by atoms with Crippen molar-refractivity contribution in [2.75, 3.05) is 7.11 Å². The van der Waals surface area contributed by atoms with Crippen molar-refractivity contribution in [2.24, 2.45) is 5.41 Å². The SMILES string of the molecule is C=CC(F)(F)Oc1cc2c(cc1OC)-c1cc(=O)c(C(=O)O)cn1C(C(C)(C)C)C2. The van der Waals surface area contributed by atoms with Crippen LogP contribution in [0.3, 0.4) is 0 Å². The van der Waals surface area contributed by atoms with E-state index in [1.807, 2.05) is 20.8 Å². The minimum atomic E-state index is -3.58. The summed E-state index contributed by atoms with van der Waals surface area (Å²) in [5.41, 5.74) is 0.500. The van der Waals surface area contributed by atoms with Crippen molar-refractivity contribution in [3.05, 3.63) is 58.4 Å². The number of fused-ring (bicyclic) bond motifs is 3. The molecule has 0 aliphatic carbocycles. The number of carboxylic acids is 1. The summed E-state index contributed by atoms with van der Waals surface area (Å²) in [7, 11) is 1.32. The number of methoxy groups -OCH3 is 1. The van der Waals surface area contributed by atoms with E-state index in [4.69, 9.17) is 9.47 Å². The third kappa shape index (κ3) is 3.81. The number of nitrogens with zero attached hydrogens (tertiary/aromatic N) is 1. The van der Waals surface area contributed by atoms with Crippen LogP contribution >= 0.6 is 0 Å². The van der Waals surface area contributed by atoms with Crippen LogP contribution in [0.1, 0.15) is 42.7 Å². The Bertz CT molecular complexity index is 1080. The van der Waals surface area contributed by atoms with Gasteiger partial charge in [-0.2, -0.15) is 8.78 Å². The Labute approximate surface area is 172 Å². The number of rotatable bonds is 5. The third-order valence-corrected chi connectivity index (χ3v) is 5.21. The molecule has 6 nitrogen and oxygen atoms in total. The molecule has 160 valence electrons. The standard InChI is InChI=1S/C22H23F2NO5/c1-6-22(23,24)30-18-7-12-8-19(21(2,3)4)25-11-14(20(27)28)16(26)10-15(25)13(12)9-17(18)29-5/h6-7,9-11,19H,1,8H2,2-5H3,(H,27,28). The van der Waals surface area contributed by atoms with E-state index in [0.717, 1.165) is 0 Å². The average Bonchev–Trinajstić information content (AvgIpc) is 2.65. The highest BCUT2D eigenvalue weighted by atomic mass is 19.3. The Hall–Kier alpha value is -3.16. The highest BCUT2D eigenvalue weighted by Gasteiger charge is 2.35. The van der Waals surface area contributed by atoms with Crippen LogP contribution in [-0.2, 0) is 6.42 Å². The van der Waals surface area contributed by atoms with Gasteiger partial charge < -0.3 is 19.1 Å². The molecule has 2 aromatic rings. The van der Waals surface area contributed by atoms with Crippen molar-refractivity contribution in [2.45, 2.75) is 39.3 Å². The first-order chi connectivity index (χ1) is 13.9. The molecule has 0 bridgehead atoms. The van der Waals surface area contributed by atoms with Gasteiger partial charge >= 0.3 is 12.1 Å². The molecule has 3 rings (SSSR count). The topological polar surface area (TPSA) is 77.8 Å². The molecule has 8 heteroatoms. The van der Waals surface area contributed by atoms with Crippen molar-refractivity contribution >= 4 is 5.97 Å². The number of hydrogen-bond acceptors (Lipinski definition) is 4. The smallest absolute Gasteiger partial charge is 0.419 e. The maximum Gasteiger partial charge on any atom is 0.419 e. The number of aromatic carboxylic acids is 1. The van der Waals surface area contributed by atoms with Gasteiger partial charge in [-0.1, -0.05) is 27.4 Å². The molecule has 0 radical (unpaired) electrons. The molecule has 1 aliphatic rings. The Morgan fingerprint density at radius 1 is 1.27 bits per heavy atom. The molecule has 1 atom stereocenters. The lowest BCUT2D eigenvalue weighted by Crippen LogP contribution is -2.33. The van der Waals surface area contributed by atoms with Crippen molar-refractivity contribution in [1.29, 1.82) is 0 Å². The summed E-state index contributed by atoms with van der Waals surface area (Å²) < 4.78 is 39.3. The van der Waals surface area contributed by atoms with Crippen LogP contribution in [0.25, 0.3) is 11.3 Å². The lowest BCUT2D eigenvalue weighted by atomic mass is 9.78. The largest absolute Gasteiger partial charge is 0.493 e. The second-order valence-corrected chi connectivity index (χ2v) is 8.26. The number of alkyl halides is 2.